The van der Waals surface area contributed by atoms with Crippen molar-refractivity contribution in [2.45, 2.75) is 12.8 Å². The van der Waals surface area contributed by atoms with Gasteiger partial charge in [-0.2, -0.15) is 0 Å². The third-order valence-corrected chi connectivity index (χ3v) is 4.41. The molecule has 0 saturated carbocycles. The number of pyridine rings is 1. The Morgan fingerprint density at radius 2 is 1.73 bits per heavy atom. The number of hydrogen-bond donors (Lipinski definition) is 1. The minimum absolute atomic E-state index is 0.0230. The van der Waals surface area contributed by atoms with Crippen LogP contribution in [0.1, 0.15) is 18.4 Å². The van der Waals surface area contributed by atoms with Gasteiger partial charge in [0.2, 0.25) is 11.8 Å². The van der Waals surface area contributed by atoms with E-state index in [1.54, 1.807) is 47.6 Å². The lowest BCUT2D eigenvalue weighted by atomic mass is 9.95. The first kappa shape index (κ1) is 17.8. The first-order valence-corrected chi connectivity index (χ1v) is 8.55. The highest BCUT2D eigenvalue weighted by Gasteiger charge is 2.26. The van der Waals surface area contributed by atoms with E-state index in [0.717, 1.165) is 11.3 Å². The number of halogens is 1. The first-order chi connectivity index (χ1) is 12.6. The van der Waals surface area contributed by atoms with Crippen LogP contribution in [0.25, 0.3) is 6.08 Å². The first-order valence-electron chi connectivity index (χ1n) is 8.55. The maximum atomic E-state index is 12.9. The highest BCUT2D eigenvalue weighted by Crippen LogP contribution is 2.20. The molecule has 2 heterocycles. The number of amides is 2. The van der Waals surface area contributed by atoms with Gasteiger partial charge in [0, 0.05) is 43.2 Å². The van der Waals surface area contributed by atoms with Crippen molar-refractivity contribution >= 4 is 23.6 Å². The van der Waals surface area contributed by atoms with Crippen LogP contribution >= 0.6 is 0 Å². The van der Waals surface area contributed by atoms with E-state index in [9.17, 15) is 14.0 Å². The molecule has 1 aliphatic heterocycles. The summed E-state index contributed by atoms with van der Waals surface area (Å²) in [6.07, 6.45) is 7.68. The summed E-state index contributed by atoms with van der Waals surface area (Å²) < 4.78 is 12.9. The highest BCUT2D eigenvalue weighted by atomic mass is 19.1. The molecule has 134 valence electrons. The molecule has 2 amide bonds. The number of benzene rings is 1. The molecule has 0 bridgehead atoms. The second kappa shape index (κ2) is 8.38. The Hall–Kier alpha value is -3.02. The molecule has 0 aliphatic carbocycles. The summed E-state index contributed by atoms with van der Waals surface area (Å²) in [7, 11) is 0. The van der Waals surface area contributed by atoms with Crippen LogP contribution in [0.4, 0.5) is 10.1 Å². The molecular weight excluding hydrogens is 333 g/mol. The Bertz CT molecular complexity index is 782. The minimum Gasteiger partial charge on any atom is -0.339 e. The van der Waals surface area contributed by atoms with Crippen molar-refractivity contribution < 1.29 is 14.0 Å². The van der Waals surface area contributed by atoms with Crippen molar-refractivity contribution in [2.75, 3.05) is 18.4 Å². The van der Waals surface area contributed by atoms with Crippen LogP contribution in [0, 0.1) is 11.7 Å². The molecule has 0 radical (unpaired) electrons. The summed E-state index contributed by atoms with van der Waals surface area (Å²) in [4.78, 5) is 30.2. The second-order valence-corrected chi connectivity index (χ2v) is 6.21. The van der Waals surface area contributed by atoms with Crippen molar-refractivity contribution in [2.24, 2.45) is 5.92 Å². The maximum absolute atomic E-state index is 12.9. The van der Waals surface area contributed by atoms with Crippen molar-refractivity contribution in [3.8, 4) is 0 Å². The monoisotopic (exact) mass is 353 g/mol. The fraction of sp³-hybridized carbons (Fsp3) is 0.250. The van der Waals surface area contributed by atoms with Crippen LogP contribution in [0.2, 0.25) is 0 Å². The molecule has 1 N–H and O–H groups in total. The number of aromatic nitrogens is 1. The number of nitrogens with zero attached hydrogens (tertiary/aromatic N) is 2. The van der Waals surface area contributed by atoms with Gasteiger partial charge in [0.15, 0.2) is 0 Å². The molecule has 26 heavy (non-hydrogen) atoms. The van der Waals surface area contributed by atoms with Crippen LogP contribution in [0.15, 0.2) is 54.9 Å². The molecule has 2 aromatic rings. The summed E-state index contributed by atoms with van der Waals surface area (Å²) in [5.41, 5.74) is 1.50. The Labute approximate surface area is 151 Å². The van der Waals surface area contributed by atoms with Gasteiger partial charge in [0.05, 0.1) is 0 Å². The smallest absolute Gasteiger partial charge is 0.246 e. The number of hydrogen-bond acceptors (Lipinski definition) is 3. The van der Waals surface area contributed by atoms with Crippen LogP contribution in [0.5, 0.6) is 0 Å². The molecular formula is C20H20FN3O2. The van der Waals surface area contributed by atoms with Crippen molar-refractivity contribution in [1.82, 2.24) is 9.88 Å². The van der Waals surface area contributed by atoms with E-state index in [1.165, 1.54) is 18.2 Å². The lowest BCUT2D eigenvalue weighted by molar-refractivity contribution is -0.130. The number of rotatable bonds is 4. The largest absolute Gasteiger partial charge is 0.339 e. The van der Waals surface area contributed by atoms with E-state index in [4.69, 9.17) is 0 Å². The number of likely N-dealkylation sites (tertiary alicyclic amines) is 1. The van der Waals surface area contributed by atoms with Gasteiger partial charge in [-0.15, -0.1) is 0 Å². The van der Waals surface area contributed by atoms with E-state index < -0.39 is 0 Å². The van der Waals surface area contributed by atoms with Gasteiger partial charge in [0.25, 0.3) is 0 Å². The average molecular weight is 353 g/mol. The summed E-state index contributed by atoms with van der Waals surface area (Å²) >= 11 is 0. The molecule has 0 atom stereocenters. The molecule has 1 saturated heterocycles. The van der Waals surface area contributed by atoms with Gasteiger partial charge in [0.1, 0.15) is 5.82 Å². The standard InChI is InChI=1S/C20H20FN3O2/c21-17-4-1-15(2-5-17)3-6-19(25)24-13-9-16(10-14-24)20(26)23-18-7-11-22-12-8-18/h1-8,11-12,16H,9-10,13-14H2,(H,22,23,26)/b6-3+. The number of carbonyl (C=O) groups excluding carboxylic acids is 2. The highest BCUT2D eigenvalue weighted by molar-refractivity contribution is 5.94. The summed E-state index contributed by atoms with van der Waals surface area (Å²) in [6.45, 7) is 1.09. The zero-order valence-electron chi connectivity index (χ0n) is 14.3. The number of piperidine rings is 1. The van der Waals surface area contributed by atoms with Crippen LogP contribution in [0.3, 0.4) is 0 Å². The molecule has 0 spiro atoms. The topological polar surface area (TPSA) is 62.3 Å². The van der Waals surface area contributed by atoms with Gasteiger partial charge < -0.3 is 10.2 Å². The predicted molar refractivity (Wildman–Crippen MR) is 97.6 cm³/mol. The van der Waals surface area contributed by atoms with Crippen LogP contribution in [-0.2, 0) is 9.59 Å². The number of anilines is 1. The number of nitrogens with one attached hydrogen (secondary N) is 1. The minimum atomic E-state index is -0.305. The molecule has 1 aromatic heterocycles. The van der Waals surface area contributed by atoms with Crippen LogP contribution in [-0.4, -0.2) is 34.8 Å². The molecule has 3 rings (SSSR count). The summed E-state index contributed by atoms with van der Waals surface area (Å²) in [6, 6.07) is 9.45. The van der Waals surface area contributed by atoms with E-state index in [2.05, 4.69) is 10.3 Å². The Morgan fingerprint density at radius 3 is 2.38 bits per heavy atom. The summed E-state index contributed by atoms with van der Waals surface area (Å²) in [5, 5.41) is 2.88. The van der Waals surface area contributed by atoms with Crippen molar-refractivity contribution in [1.29, 1.82) is 0 Å². The Kier molecular flexibility index (Phi) is 5.73. The molecule has 1 aromatic carbocycles. The van der Waals surface area contributed by atoms with E-state index in [-0.39, 0.29) is 23.5 Å². The Morgan fingerprint density at radius 1 is 1.08 bits per heavy atom. The fourth-order valence-corrected chi connectivity index (χ4v) is 2.89. The fourth-order valence-electron chi connectivity index (χ4n) is 2.89. The third kappa shape index (κ3) is 4.75. The number of carbonyl (C=O) groups is 2. The summed E-state index contributed by atoms with van der Waals surface area (Å²) in [5.74, 6) is -0.527. The normalized spacial score (nSPS) is 15.2. The molecule has 1 fully saturated rings. The van der Waals surface area contributed by atoms with Gasteiger partial charge in [-0.1, -0.05) is 12.1 Å². The van der Waals surface area contributed by atoms with Crippen molar-refractivity contribution in [3.05, 3.63) is 66.2 Å². The zero-order valence-corrected chi connectivity index (χ0v) is 14.3. The lowest BCUT2D eigenvalue weighted by Gasteiger charge is -2.30. The predicted octanol–water partition coefficient (Wildman–Crippen LogP) is 3.11. The molecule has 6 heteroatoms. The van der Waals surface area contributed by atoms with Gasteiger partial charge in [-0.05, 0) is 48.7 Å². The molecule has 5 nitrogen and oxygen atoms in total. The van der Waals surface area contributed by atoms with Gasteiger partial charge >= 0.3 is 0 Å². The van der Waals surface area contributed by atoms with Gasteiger partial charge in [-0.3, -0.25) is 14.6 Å². The van der Waals surface area contributed by atoms with E-state index >= 15 is 0 Å². The molecule has 1 aliphatic rings. The average Bonchev–Trinajstić information content (AvgIpc) is 2.68. The lowest BCUT2D eigenvalue weighted by Crippen LogP contribution is -2.40. The SMILES string of the molecule is O=C(Nc1ccncc1)C1CCN(C(=O)/C=C/c2ccc(F)cc2)CC1. The van der Waals surface area contributed by atoms with E-state index in [1.807, 2.05) is 0 Å². The second-order valence-electron chi connectivity index (χ2n) is 6.21. The quantitative estimate of drug-likeness (QED) is 0.859. The van der Waals surface area contributed by atoms with Gasteiger partial charge in [-0.25, -0.2) is 4.39 Å². The Balaban J connectivity index is 1.49. The molecule has 0 unspecified atom stereocenters. The zero-order chi connectivity index (χ0) is 18.4. The third-order valence-electron chi connectivity index (χ3n) is 4.41. The maximum Gasteiger partial charge on any atom is 0.246 e. The van der Waals surface area contributed by atoms with Crippen molar-refractivity contribution in [3.63, 3.8) is 0 Å². The van der Waals surface area contributed by atoms with Crippen LogP contribution < -0.4 is 5.32 Å². The van der Waals surface area contributed by atoms with E-state index in [0.29, 0.717) is 25.9 Å².